The summed E-state index contributed by atoms with van der Waals surface area (Å²) in [6, 6.07) is 0.865. The van der Waals surface area contributed by atoms with Gasteiger partial charge in [0.2, 0.25) is 5.91 Å². The minimum Gasteiger partial charge on any atom is -0.335 e. The summed E-state index contributed by atoms with van der Waals surface area (Å²) in [6.45, 7) is 7.21. The molecule has 0 aromatic carbocycles. The lowest BCUT2D eigenvalue weighted by molar-refractivity contribution is -0.140. The first-order valence-corrected chi connectivity index (χ1v) is 7.60. The van der Waals surface area contributed by atoms with Crippen LogP contribution in [-0.2, 0) is 4.79 Å². The van der Waals surface area contributed by atoms with Gasteiger partial charge in [0.1, 0.15) is 0 Å². The van der Waals surface area contributed by atoms with Gasteiger partial charge in [0.15, 0.2) is 0 Å². The molecule has 0 radical (unpaired) electrons. The van der Waals surface area contributed by atoms with Crippen LogP contribution in [0.3, 0.4) is 0 Å². The number of nitrogens with one attached hydrogen (secondary N) is 1. The fourth-order valence-corrected chi connectivity index (χ4v) is 3.39. The summed E-state index contributed by atoms with van der Waals surface area (Å²) in [7, 11) is 0. The summed E-state index contributed by atoms with van der Waals surface area (Å²) in [4.78, 5) is 15.0. The zero-order chi connectivity index (χ0) is 13.2. The quantitative estimate of drug-likeness (QED) is 0.728. The van der Waals surface area contributed by atoms with Crippen molar-refractivity contribution in [3.05, 3.63) is 0 Å². The second-order valence-electron chi connectivity index (χ2n) is 6.55. The first-order valence-electron chi connectivity index (χ1n) is 7.60. The Morgan fingerprint density at radius 3 is 2.33 bits per heavy atom. The fourth-order valence-electron chi connectivity index (χ4n) is 3.39. The van der Waals surface area contributed by atoms with Gasteiger partial charge in [0.25, 0.3) is 0 Å². The molecule has 0 spiro atoms. The largest absolute Gasteiger partial charge is 0.335 e. The van der Waals surface area contributed by atoms with E-state index in [1.54, 1.807) is 0 Å². The molecule has 0 aromatic heterocycles. The van der Waals surface area contributed by atoms with Gasteiger partial charge in [-0.05, 0) is 46.6 Å². The Morgan fingerprint density at radius 2 is 1.72 bits per heavy atom. The molecule has 1 aliphatic heterocycles. The number of amides is 1. The molecule has 104 valence electrons. The Balaban J connectivity index is 2.17. The summed E-state index contributed by atoms with van der Waals surface area (Å²) in [5.74, 6) is 0.305. The third kappa shape index (κ3) is 2.87. The monoisotopic (exact) mass is 252 g/mol. The van der Waals surface area contributed by atoms with E-state index >= 15 is 0 Å². The summed E-state index contributed by atoms with van der Waals surface area (Å²) < 4.78 is 0. The zero-order valence-corrected chi connectivity index (χ0v) is 12.2. The number of rotatable bonds is 1. The van der Waals surface area contributed by atoms with Gasteiger partial charge in [-0.2, -0.15) is 0 Å². The second-order valence-corrected chi connectivity index (χ2v) is 6.55. The minimum absolute atomic E-state index is 0.305. The Bertz CT molecular complexity index is 293. The predicted octanol–water partition coefficient (Wildman–Crippen LogP) is 2.70. The van der Waals surface area contributed by atoms with Gasteiger partial charge < -0.3 is 10.2 Å². The topological polar surface area (TPSA) is 32.3 Å². The molecule has 3 heteroatoms. The number of carbonyl (C=O) groups excluding carboxylic acids is 1. The van der Waals surface area contributed by atoms with Crippen molar-refractivity contribution in [1.29, 1.82) is 0 Å². The molecular weight excluding hydrogens is 224 g/mol. The van der Waals surface area contributed by atoms with Crippen LogP contribution in [0.1, 0.15) is 65.7 Å². The van der Waals surface area contributed by atoms with Crippen LogP contribution in [0.5, 0.6) is 0 Å². The Hall–Kier alpha value is -0.570. The Morgan fingerprint density at radius 1 is 1.11 bits per heavy atom. The van der Waals surface area contributed by atoms with Crippen molar-refractivity contribution in [2.24, 2.45) is 0 Å². The standard InChI is InChI=1S/C15H28N2O/c1-12-10-11-16-15(2,3)14(18)17(12)13-8-6-4-5-7-9-13/h12-13,16H,4-11H2,1-3H3. The van der Waals surface area contributed by atoms with E-state index in [0.29, 0.717) is 18.0 Å². The molecule has 1 aliphatic carbocycles. The molecule has 1 N–H and O–H groups in total. The lowest BCUT2D eigenvalue weighted by Gasteiger charge is -2.38. The van der Waals surface area contributed by atoms with Crippen molar-refractivity contribution < 1.29 is 4.79 Å². The average molecular weight is 252 g/mol. The second kappa shape index (κ2) is 5.60. The van der Waals surface area contributed by atoms with Gasteiger partial charge in [-0.15, -0.1) is 0 Å². The van der Waals surface area contributed by atoms with Crippen molar-refractivity contribution >= 4 is 5.91 Å². The molecule has 18 heavy (non-hydrogen) atoms. The summed E-state index contributed by atoms with van der Waals surface area (Å²) >= 11 is 0. The van der Waals surface area contributed by atoms with E-state index in [9.17, 15) is 4.79 Å². The first-order chi connectivity index (χ1) is 8.52. The van der Waals surface area contributed by atoms with Crippen LogP contribution in [0.25, 0.3) is 0 Å². The van der Waals surface area contributed by atoms with E-state index < -0.39 is 5.54 Å². The number of hydrogen-bond acceptors (Lipinski definition) is 2. The van der Waals surface area contributed by atoms with Crippen molar-refractivity contribution in [2.45, 2.75) is 83.3 Å². The smallest absolute Gasteiger partial charge is 0.242 e. The van der Waals surface area contributed by atoms with E-state index in [2.05, 4.69) is 17.1 Å². The molecule has 2 aliphatic rings. The summed E-state index contributed by atoms with van der Waals surface area (Å²) in [5.41, 5.74) is -0.392. The van der Waals surface area contributed by atoms with Crippen LogP contribution in [0.15, 0.2) is 0 Å². The fraction of sp³-hybridized carbons (Fsp3) is 0.933. The summed E-state index contributed by atoms with van der Waals surface area (Å²) in [5, 5.41) is 3.39. The van der Waals surface area contributed by atoms with Crippen LogP contribution in [-0.4, -0.2) is 35.0 Å². The normalized spacial score (nSPS) is 30.9. The third-order valence-electron chi connectivity index (χ3n) is 4.59. The van der Waals surface area contributed by atoms with Gasteiger partial charge in [0, 0.05) is 12.1 Å². The minimum atomic E-state index is -0.392. The van der Waals surface area contributed by atoms with Crippen molar-refractivity contribution in [2.75, 3.05) is 6.54 Å². The van der Waals surface area contributed by atoms with Crippen LogP contribution in [0, 0.1) is 0 Å². The van der Waals surface area contributed by atoms with Gasteiger partial charge in [-0.25, -0.2) is 0 Å². The van der Waals surface area contributed by atoms with E-state index in [4.69, 9.17) is 0 Å². The molecule has 1 saturated carbocycles. The maximum atomic E-state index is 12.8. The van der Waals surface area contributed by atoms with Gasteiger partial charge in [-0.1, -0.05) is 25.7 Å². The van der Waals surface area contributed by atoms with Crippen LogP contribution in [0.4, 0.5) is 0 Å². The van der Waals surface area contributed by atoms with E-state index in [1.165, 1.54) is 38.5 Å². The Kier molecular flexibility index (Phi) is 4.31. The highest BCUT2D eigenvalue weighted by Crippen LogP contribution is 2.28. The Labute approximate surface area is 111 Å². The molecular formula is C15H28N2O. The van der Waals surface area contributed by atoms with E-state index in [0.717, 1.165) is 13.0 Å². The molecule has 3 nitrogen and oxygen atoms in total. The van der Waals surface area contributed by atoms with Gasteiger partial charge >= 0.3 is 0 Å². The molecule has 1 amide bonds. The van der Waals surface area contributed by atoms with Crippen LogP contribution in [0.2, 0.25) is 0 Å². The van der Waals surface area contributed by atoms with Gasteiger partial charge in [-0.3, -0.25) is 4.79 Å². The van der Waals surface area contributed by atoms with Crippen LogP contribution >= 0.6 is 0 Å². The highest BCUT2D eigenvalue weighted by Gasteiger charge is 2.39. The van der Waals surface area contributed by atoms with E-state index in [-0.39, 0.29) is 0 Å². The number of hydrogen-bond donors (Lipinski definition) is 1. The lowest BCUT2D eigenvalue weighted by atomic mass is 9.99. The number of carbonyl (C=O) groups is 1. The highest BCUT2D eigenvalue weighted by molar-refractivity contribution is 5.86. The average Bonchev–Trinajstić information content (AvgIpc) is 2.61. The molecule has 2 fully saturated rings. The first kappa shape index (κ1) is 13.9. The van der Waals surface area contributed by atoms with Crippen molar-refractivity contribution in [3.63, 3.8) is 0 Å². The van der Waals surface area contributed by atoms with Crippen molar-refractivity contribution in [3.8, 4) is 0 Å². The van der Waals surface area contributed by atoms with E-state index in [1.807, 2.05) is 13.8 Å². The van der Waals surface area contributed by atoms with Crippen LogP contribution < -0.4 is 5.32 Å². The molecule has 1 saturated heterocycles. The SMILES string of the molecule is CC1CCNC(C)(C)C(=O)N1C1CCCCCC1. The molecule has 0 aromatic rings. The van der Waals surface area contributed by atoms with Crippen molar-refractivity contribution in [1.82, 2.24) is 10.2 Å². The molecule has 2 rings (SSSR count). The lowest BCUT2D eigenvalue weighted by Crippen LogP contribution is -2.55. The zero-order valence-electron chi connectivity index (χ0n) is 12.2. The molecule has 1 heterocycles. The molecule has 1 unspecified atom stereocenters. The third-order valence-corrected chi connectivity index (χ3v) is 4.59. The van der Waals surface area contributed by atoms with Gasteiger partial charge in [0.05, 0.1) is 5.54 Å². The number of nitrogens with zero attached hydrogens (tertiary/aromatic N) is 1. The maximum Gasteiger partial charge on any atom is 0.242 e. The molecule has 0 bridgehead atoms. The highest BCUT2D eigenvalue weighted by atomic mass is 16.2. The summed E-state index contributed by atoms with van der Waals surface area (Å²) in [6.07, 6.45) is 8.73. The predicted molar refractivity (Wildman–Crippen MR) is 74.5 cm³/mol. The molecule has 1 atom stereocenters. The maximum absolute atomic E-state index is 12.8.